The first kappa shape index (κ1) is 15.1. The van der Waals surface area contributed by atoms with Crippen LogP contribution in [0.2, 0.25) is 0 Å². The van der Waals surface area contributed by atoms with Crippen LogP contribution in [0.25, 0.3) is 10.9 Å². The molecule has 1 aromatic heterocycles. The predicted molar refractivity (Wildman–Crippen MR) is 85.4 cm³/mol. The van der Waals surface area contributed by atoms with E-state index in [0.29, 0.717) is 5.56 Å². The van der Waals surface area contributed by atoms with Crippen molar-refractivity contribution >= 4 is 29.6 Å². The number of methoxy groups -OCH3 is 1. The highest BCUT2D eigenvalue weighted by Gasteiger charge is 2.52. The van der Waals surface area contributed by atoms with Gasteiger partial charge in [-0.3, -0.25) is 0 Å². The topological polar surface area (TPSA) is 60.6 Å². The third-order valence-corrected chi connectivity index (χ3v) is 4.57. The van der Waals surface area contributed by atoms with E-state index in [0.717, 1.165) is 16.5 Å². The zero-order valence-corrected chi connectivity index (χ0v) is 13.5. The molecule has 0 unspecified atom stereocenters. The maximum absolute atomic E-state index is 11.6. The quantitative estimate of drug-likeness (QED) is 0.683. The molecule has 2 aromatic rings. The van der Waals surface area contributed by atoms with E-state index in [4.69, 9.17) is 14.0 Å². The number of fused-ring (bicyclic) bond motifs is 1. The standard InChI is InChI=1S/C16H20BNO4/c1-15(2)16(3,4)22-17(21-15)13-9-11-8-10(14(19)20-5)6-7-12(11)18-13/h6-9,18H,1-5H3. The molecule has 6 heteroatoms. The monoisotopic (exact) mass is 301 g/mol. The lowest BCUT2D eigenvalue weighted by Crippen LogP contribution is -2.41. The Balaban J connectivity index is 1.95. The number of esters is 1. The number of aromatic nitrogens is 1. The fourth-order valence-corrected chi connectivity index (χ4v) is 2.50. The van der Waals surface area contributed by atoms with Crippen LogP contribution < -0.4 is 5.59 Å². The van der Waals surface area contributed by atoms with Crippen LogP contribution in [-0.4, -0.2) is 36.4 Å². The summed E-state index contributed by atoms with van der Waals surface area (Å²) < 4.78 is 16.8. The number of benzene rings is 1. The fourth-order valence-electron chi connectivity index (χ4n) is 2.50. The van der Waals surface area contributed by atoms with Crippen molar-refractivity contribution in [3.8, 4) is 0 Å². The lowest BCUT2D eigenvalue weighted by Gasteiger charge is -2.32. The number of hydrogen-bond acceptors (Lipinski definition) is 4. The molecule has 1 aliphatic heterocycles. The third-order valence-electron chi connectivity index (χ3n) is 4.57. The Morgan fingerprint density at radius 3 is 2.36 bits per heavy atom. The summed E-state index contributed by atoms with van der Waals surface area (Å²) in [6.07, 6.45) is 0. The highest BCUT2D eigenvalue weighted by molar-refractivity contribution is 6.61. The molecule has 3 rings (SSSR count). The fraction of sp³-hybridized carbons (Fsp3) is 0.438. The maximum atomic E-state index is 11.6. The maximum Gasteiger partial charge on any atom is 0.512 e. The van der Waals surface area contributed by atoms with Crippen molar-refractivity contribution in [1.82, 2.24) is 4.98 Å². The van der Waals surface area contributed by atoms with Crippen LogP contribution in [0.4, 0.5) is 0 Å². The van der Waals surface area contributed by atoms with Gasteiger partial charge in [-0.25, -0.2) is 4.79 Å². The molecule has 116 valence electrons. The van der Waals surface area contributed by atoms with E-state index in [9.17, 15) is 4.79 Å². The van der Waals surface area contributed by atoms with Gasteiger partial charge in [-0.05, 0) is 57.3 Å². The molecule has 1 saturated heterocycles. The van der Waals surface area contributed by atoms with Gasteiger partial charge in [-0.1, -0.05) is 0 Å². The first-order valence-corrected chi connectivity index (χ1v) is 7.30. The van der Waals surface area contributed by atoms with Crippen molar-refractivity contribution in [2.75, 3.05) is 7.11 Å². The molecule has 0 aliphatic carbocycles. The average molecular weight is 301 g/mol. The molecular formula is C16H20BNO4. The van der Waals surface area contributed by atoms with Gasteiger partial charge in [0.25, 0.3) is 0 Å². The second-order valence-electron chi connectivity index (χ2n) is 6.61. The van der Waals surface area contributed by atoms with Crippen LogP contribution in [0.1, 0.15) is 38.1 Å². The molecule has 1 fully saturated rings. The SMILES string of the molecule is COC(=O)c1ccc2[nH]c(B3OC(C)(C)C(C)(C)O3)cc2c1. The summed E-state index contributed by atoms with van der Waals surface area (Å²) >= 11 is 0. The molecule has 0 atom stereocenters. The number of nitrogens with one attached hydrogen (secondary N) is 1. The number of aromatic amines is 1. The lowest BCUT2D eigenvalue weighted by atomic mass is 9.85. The first-order valence-electron chi connectivity index (χ1n) is 7.30. The molecule has 0 saturated carbocycles. The Kier molecular flexibility index (Phi) is 3.34. The molecule has 0 spiro atoms. The Morgan fingerprint density at radius 1 is 1.14 bits per heavy atom. The summed E-state index contributed by atoms with van der Waals surface area (Å²) in [4.78, 5) is 14.9. The zero-order chi connectivity index (χ0) is 16.1. The summed E-state index contributed by atoms with van der Waals surface area (Å²) in [5.41, 5.74) is 1.53. The van der Waals surface area contributed by atoms with Crippen molar-refractivity contribution in [3.63, 3.8) is 0 Å². The van der Waals surface area contributed by atoms with E-state index >= 15 is 0 Å². The van der Waals surface area contributed by atoms with Gasteiger partial charge in [0.15, 0.2) is 0 Å². The third kappa shape index (κ3) is 2.32. The van der Waals surface area contributed by atoms with Crippen LogP contribution in [0.5, 0.6) is 0 Å². The molecule has 2 heterocycles. The first-order chi connectivity index (χ1) is 10.2. The van der Waals surface area contributed by atoms with Crippen LogP contribution in [-0.2, 0) is 14.0 Å². The van der Waals surface area contributed by atoms with Crippen LogP contribution in [0.3, 0.4) is 0 Å². The second-order valence-corrected chi connectivity index (χ2v) is 6.61. The minimum absolute atomic E-state index is 0.347. The van der Waals surface area contributed by atoms with Gasteiger partial charge in [0.1, 0.15) is 0 Å². The Labute approximate surface area is 130 Å². The minimum atomic E-state index is -0.445. The van der Waals surface area contributed by atoms with Crippen LogP contribution in [0, 0.1) is 0 Å². The Morgan fingerprint density at radius 2 is 1.77 bits per heavy atom. The van der Waals surface area contributed by atoms with Crippen molar-refractivity contribution in [2.24, 2.45) is 0 Å². The van der Waals surface area contributed by atoms with E-state index in [1.807, 2.05) is 39.8 Å². The molecular weight excluding hydrogens is 281 g/mol. The minimum Gasteiger partial charge on any atom is -0.465 e. The largest absolute Gasteiger partial charge is 0.512 e. The smallest absolute Gasteiger partial charge is 0.465 e. The number of rotatable bonds is 2. The summed E-state index contributed by atoms with van der Waals surface area (Å²) in [5.74, 6) is -0.347. The van der Waals surface area contributed by atoms with Gasteiger partial charge in [-0.2, -0.15) is 0 Å². The molecule has 1 N–H and O–H groups in total. The highest BCUT2D eigenvalue weighted by atomic mass is 16.7. The van der Waals surface area contributed by atoms with Gasteiger partial charge in [0.05, 0.1) is 23.9 Å². The molecule has 0 bridgehead atoms. The number of ether oxygens (including phenoxy) is 1. The Hall–Kier alpha value is -1.79. The van der Waals surface area contributed by atoms with E-state index in [2.05, 4.69) is 4.98 Å². The number of carbonyl (C=O) groups is 1. The summed E-state index contributed by atoms with van der Waals surface area (Å²) in [5, 5.41) is 0.924. The average Bonchev–Trinajstić information content (AvgIpc) is 2.96. The molecule has 0 radical (unpaired) electrons. The van der Waals surface area contributed by atoms with E-state index in [-0.39, 0.29) is 17.2 Å². The van der Waals surface area contributed by atoms with E-state index in [1.54, 1.807) is 12.1 Å². The van der Waals surface area contributed by atoms with Gasteiger partial charge in [-0.15, -0.1) is 0 Å². The normalized spacial score (nSPS) is 19.6. The number of carbonyl (C=O) groups excluding carboxylic acids is 1. The van der Waals surface area contributed by atoms with Crippen LogP contribution in [0.15, 0.2) is 24.3 Å². The van der Waals surface area contributed by atoms with Crippen molar-refractivity contribution in [1.29, 1.82) is 0 Å². The molecule has 0 amide bonds. The van der Waals surface area contributed by atoms with Gasteiger partial charge < -0.3 is 19.0 Å². The second kappa shape index (κ2) is 4.86. The van der Waals surface area contributed by atoms with Crippen LogP contribution >= 0.6 is 0 Å². The number of hydrogen-bond donors (Lipinski definition) is 1. The molecule has 5 nitrogen and oxygen atoms in total. The van der Waals surface area contributed by atoms with Gasteiger partial charge in [0.2, 0.25) is 0 Å². The molecule has 1 aliphatic rings. The van der Waals surface area contributed by atoms with Crippen molar-refractivity contribution in [3.05, 3.63) is 29.8 Å². The Bertz CT molecular complexity index is 719. The van der Waals surface area contributed by atoms with E-state index in [1.165, 1.54) is 7.11 Å². The van der Waals surface area contributed by atoms with Crippen molar-refractivity contribution < 1.29 is 18.8 Å². The predicted octanol–water partition coefficient (Wildman–Crippen LogP) is 2.25. The van der Waals surface area contributed by atoms with Crippen molar-refractivity contribution in [2.45, 2.75) is 38.9 Å². The molecule has 1 aromatic carbocycles. The zero-order valence-electron chi connectivity index (χ0n) is 13.5. The highest BCUT2D eigenvalue weighted by Crippen LogP contribution is 2.36. The summed E-state index contributed by atoms with van der Waals surface area (Å²) in [7, 11) is 0.929. The lowest BCUT2D eigenvalue weighted by molar-refractivity contribution is 0.00578. The van der Waals surface area contributed by atoms with Gasteiger partial charge in [0, 0.05) is 11.1 Å². The molecule has 22 heavy (non-hydrogen) atoms. The summed E-state index contributed by atoms with van der Waals surface area (Å²) in [6.45, 7) is 8.08. The van der Waals surface area contributed by atoms with E-state index < -0.39 is 7.12 Å². The summed E-state index contributed by atoms with van der Waals surface area (Å²) in [6, 6.07) is 7.34. The number of H-pyrrole nitrogens is 1. The van der Waals surface area contributed by atoms with Gasteiger partial charge >= 0.3 is 13.1 Å².